The summed E-state index contributed by atoms with van der Waals surface area (Å²) in [6.07, 6.45) is 0. The molecule has 3 nitrogen and oxygen atoms in total. The van der Waals surface area contributed by atoms with E-state index in [-0.39, 0.29) is 0 Å². The minimum atomic E-state index is 0.379. The van der Waals surface area contributed by atoms with Gasteiger partial charge in [0.1, 0.15) is 0 Å². The van der Waals surface area contributed by atoms with E-state index in [4.69, 9.17) is 21.9 Å². The molecule has 0 atom stereocenters. The van der Waals surface area contributed by atoms with Gasteiger partial charge < -0.3 is 10.3 Å². The average Bonchev–Trinajstić information content (AvgIpc) is 3.11. The summed E-state index contributed by atoms with van der Waals surface area (Å²) in [5.41, 5.74) is 7.70. The van der Waals surface area contributed by atoms with Crippen molar-refractivity contribution in [3.8, 4) is 21.8 Å². The molecule has 0 unspecified atom stereocenters. The first-order valence-corrected chi connectivity index (χ1v) is 8.28. The zero-order valence-corrected chi connectivity index (χ0v) is 13.1. The van der Waals surface area contributed by atoms with E-state index in [0.717, 1.165) is 16.0 Å². The Bertz CT molecular complexity index is 910. The number of nitrogen functional groups attached to an aromatic ring is 1. The van der Waals surface area contributed by atoms with E-state index in [1.165, 1.54) is 9.40 Å². The number of nitrogens with two attached hydrogens (primary N) is 1. The Hall–Kier alpha value is -1.82. The molecule has 0 fully saturated rings. The van der Waals surface area contributed by atoms with Crippen LogP contribution in [0.4, 0.5) is 5.82 Å². The van der Waals surface area contributed by atoms with Crippen LogP contribution >= 0.6 is 34.3 Å². The van der Waals surface area contributed by atoms with Crippen LogP contribution in [0, 0.1) is 0 Å². The van der Waals surface area contributed by atoms with Gasteiger partial charge in [0.2, 0.25) is 0 Å². The van der Waals surface area contributed by atoms with Crippen LogP contribution in [0.5, 0.6) is 0 Å². The molecule has 21 heavy (non-hydrogen) atoms. The topological polar surface area (TPSA) is 52.0 Å². The Morgan fingerprint density at radius 2 is 2.05 bits per heavy atom. The number of thiophene rings is 2. The van der Waals surface area contributed by atoms with Crippen molar-refractivity contribution in [1.29, 1.82) is 0 Å². The van der Waals surface area contributed by atoms with Crippen LogP contribution in [0.15, 0.2) is 46.3 Å². The summed E-state index contributed by atoms with van der Waals surface area (Å²) in [5, 5.41) is 6.66. The zero-order chi connectivity index (χ0) is 14.4. The standard InChI is InChI=1S/C15H9ClN2OS2/c16-9-3-1-2-8(6-9)13-14(19-18-15(13)17)12-7-11-10(21-12)4-5-20-11/h1-7H,(H2,17,18). The molecule has 0 radical (unpaired) electrons. The molecule has 0 amide bonds. The summed E-state index contributed by atoms with van der Waals surface area (Å²) in [4.78, 5) is 1.02. The summed E-state index contributed by atoms with van der Waals surface area (Å²) in [6.45, 7) is 0. The van der Waals surface area contributed by atoms with Crippen molar-refractivity contribution in [3.63, 3.8) is 0 Å². The highest BCUT2D eigenvalue weighted by atomic mass is 35.5. The summed E-state index contributed by atoms with van der Waals surface area (Å²) in [5.74, 6) is 1.08. The number of halogens is 1. The van der Waals surface area contributed by atoms with Crippen molar-refractivity contribution in [2.24, 2.45) is 0 Å². The summed E-state index contributed by atoms with van der Waals surface area (Å²) < 4.78 is 7.95. The lowest BCUT2D eigenvalue weighted by Gasteiger charge is -2.01. The minimum absolute atomic E-state index is 0.379. The van der Waals surface area contributed by atoms with Gasteiger partial charge in [0.15, 0.2) is 11.6 Å². The highest BCUT2D eigenvalue weighted by molar-refractivity contribution is 7.28. The maximum atomic E-state index is 6.07. The monoisotopic (exact) mass is 332 g/mol. The van der Waals surface area contributed by atoms with E-state index in [2.05, 4.69) is 22.7 Å². The van der Waals surface area contributed by atoms with Crippen molar-refractivity contribution >= 4 is 49.5 Å². The number of hydrogen-bond acceptors (Lipinski definition) is 5. The first-order valence-electron chi connectivity index (χ1n) is 6.21. The Morgan fingerprint density at radius 3 is 2.86 bits per heavy atom. The molecule has 1 aromatic carbocycles. The van der Waals surface area contributed by atoms with Crippen LogP contribution in [0.1, 0.15) is 0 Å². The van der Waals surface area contributed by atoms with Crippen molar-refractivity contribution < 1.29 is 4.52 Å². The number of rotatable bonds is 2. The van der Waals surface area contributed by atoms with E-state index < -0.39 is 0 Å². The van der Waals surface area contributed by atoms with Gasteiger partial charge in [0, 0.05) is 14.4 Å². The average molecular weight is 333 g/mol. The molecule has 0 saturated carbocycles. The maximum Gasteiger partial charge on any atom is 0.186 e. The maximum absolute atomic E-state index is 6.07. The Balaban J connectivity index is 1.92. The molecular weight excluding hydrogens is 324 g/mol. The molecular formula is C15H9ClN2OS2. The van der Waals surface area contributed by atoms with E-state index in [9.17, 15) is 0 Å². The summed E-state index contributed by atoms with van der Waals surface area (Å²) >= 11 is 9.45. The third-order valence-corrected chi connectivity index (χ3v) is 5.52. The van der Waals surface area contributed by atoms with Crippen LogP contribution < -0.4 is 5.73 Å². The third kappa shape index (κ3) is 2.14. The van der Waals surface area contributed by atoms with Gasteiger partial charge in [-0.25, -0.2) is 0 Å². The van der Waals surface area contributed by atoms with Crippen LogP contribution in [-0.2, 0) is 0 Å². The van der Waals surface area contributed by atoms with Gasteiger partial charge in [-0.2, -0.15) is 0 Å². The highest BCUT2D eigenvalue weighted by Crippen LogP contribution is 2.43. The van der Waals surface area contributed by atoms with Crippen molar-refractivity contribution in [2.45, 2.75) is 0 Å². The van der Waals surface area contributed by atoms with Gasteiger partial charge >= 0.3 is 0 Å². The third-order valence-electron chi connectivity index (χ3n) is 3.19. The number of aromatic nitrogens is 1. The number of hydrogen-bond donors (Lipinski definition) is 1. The predicted molar refractivity (Wildman–Crippen MR) is 90.1 cm³/mol. The van der Waals surface area contributed by atoms with E-state index in [0.29, 0.717) is 16.6 Å². The Morgan fingerprint density at radius 1 is 1.14 bits per heavy atom. The molecule has 104 valence electrons. The Kier molecular flexibility index (Phi) is 2.99. The molecule has 4 rings (SSSR count). The zero-order valence-electron chi connectivity index (χ0n) is 10.7. The van der Waals surface area contributed by atoms with Gasteiger partial charge in [-0.1, -0.05) is 28.9 Å². The lowest BCUT2D eigenvalue weighted by atomic mass is 10.1. The van der Waals surface area contributed by atoms with Gasteiger partial charge in [0.25, 0.3) is 0 Å². The molecule has 0 spiro atoms. The molecule has 0 aliphatic rings. The van der Waals surface area contributed by atoms with Crippen LogP contribution in [0.25, 0.3) is 31.2 Å². The molecule has 2 N–H and O–H groups in total. The van der Waals surface area contributed by atoms with Crippen LogP contribution in [0.2, 0.25) is 5.02 Å². The second-order valence-electron chi connectivity index (χ2n) is 4.54. The van der Waals surface area contributed by atoms with Gasteiger partial charge in [0.05, 0.1) is 10.4 Å². The molecule has 6 heteroatoms. The molecule has 3 aromatic heterocycles. The molecule has 3 heterocycles. The SMILES string of the molecule is Nc1noc(-c2cc3sccc3s2)c1-c1cccc(Cl)c1. The Labute approximate surface area is 133 Å². The van der Waals surface area contributed by atoms with Gasteiger partial charge in [-0.15, -0.1) is 22.7 Å². The summed E-state index contributed by atoms with van der Waals surface area (Å²) in [7, 11) is 0. The lowest BCUT2D eigenvalue weighted by Crippen LogP contribution is -1.88. The molecule has 0 aliphatic heterocycles. The number of benzene rings is 1. The molecule has 0 bridgehead atoms. The predicted octanol–water partition coefficient (Wildman–Crippen LogP) is 5.52. The minimum Gasteiger partial charge on any atom is -0.380 e. The largest absolute Gasteiger partial charge is 0.380 e. The first kappa shape index (κ1) is 12.9. The molecule has 0 saturated heterocycles. The van der Waals surface area contributed by atoms with E-state index in [1.807, 2.05) is 24.3 Å². The second-order valence-corrected chi connectivity index (χ2v) is 7.01. The van der Waals surface area contributed by atoms with Gasteiger partial charge in [-0.3, -0.25) is 0 Å². The van der Waals surface area contributed by atoms with Crippen molar-refractivity contribution in [1.82, 2.24) is 5.16 Å². The smallest absolute Gasteiger partial charge is 0.186 e. The number of fused-ring (bicyclic) bond motifs is 1. The first-order chi connectivity index (χ1) is 10.2. The summed E-state index contributed by atoms with van der Waals surface area (Å²) in [6, 6.07) is 11.8. The normalized spacial score (nSPS) is 11.3. The second kappa shape index (κ2) is 4.87. The fourth-order valence-corrected chi connectivity index (χ4v) is 4.55. The fourth-order valence-electron chi connectivity index (χ4n) is 2.27. The van der Waals surface area contributed by atoms with Gasteiger partial charge in [-0.05, 0) is 35.2 Å². The highest BCUT2D eigenvalue weighted by Gasteiger charge is 2.20. The van der Waals surface area contributed by atoms with E-state index >= 15 is 0 Å². The number of nitrogens with zero attached hydrogens (tertiary/aromatic N) is 1. The fraction of sp³-hybridized carbons (Fsp3) is 0. The van der Waals surface area contributed by atoms with E-state index in [1.54, 1.807) is 22.7 Å². The van der Waals surface area contributed by atoms with Crippen molar-refractivity contribution in [3.05, 3.63) is 46.8 Å². The number of anilines is 1. The van der Waals surface area contributed by atoms with Crippen LogP contribution in [0.3, 0.4) is 0 Å². The molecule has 0 aliphatic carbocycles. The van der Waals surface area contributed by atoms with Crippen LogP contribution in [-0.4, -0.2) is 5.16 Å². The quantitative estimate of drug-likeness (QED) is 0.525. The lowest BCUT2D eigenvalue weighted by molar-refractivity contribution is 0.437. The molecule has 4 aromatic rings. The van der Waals surface area contributed by atoms with Crippen molar-refractivity contribution in [2.75, 3.05) is 5.73 Å².